The second-order valence-electron chi connectivity index (χ2n) is 5.66. The minimum absolute atomic E-state index is 0.213. The molecule has 142 valence electrons. The van der Waals surface area contributed by atoms with Crippen molar-refractivity contribution in [1.82, 2.24) is 15.2 Å². The van der Waals surface area contributed by atoms with E-state index in [1.165, 1.54) is 13.0 Å². The van der Waals surface area contributed by atoms with Crippen molar-refractivity contribution in [2.45, 2.75) is 13.0 Å². The highest BCUT2D eigenvalue weighted by Crippen LogP contribution is 2.14. The minimum Gasteiger partial charge on any atom is -0.454 e. The second kappa shape index (κ2) is 9.00. The van der Waals surface area contributed by atoms with Crippen molar-refractivity contribution in [2.24, 2.45) is 7.05 Å². The molecule has 1 atom stereocenters. The zero-order valence-electron chi connectivity index (χ0n) is 14.7. The maximum atomic E-state index is 12.1. The lowest BCUT2D eigenvalue weighted by Gasteiger charge is -2.14. The van der Waals surface area contributed by atoms with Gasteiger partial charge < -0.3 is 14.6 Å². The molecule has 1 heterocycles. The van der Waals surface area contributed by atoms with Crippen molar-refractivity contribution in [3.63, 3.8) is 0 Å². The quantitative estimate of drug-likeness (QED) is 0.722. The summed E-state index contributed by atoms with van der Waals surface area (Å²) < 4.78 is 6.37. The molecule has 0 aliphatic heterocycles. The molecule has 2 aromatic rings. The van der Waals surface area contributed by atoms with E-state index in [1.54, 1.807) is 48.1 Å². The number of carbonyl (C=O) groups excluding carboxylic acids is 4. The molecule has 0 unspecified atom stereocenters. The molecule has 3 amide bonds. The summed E-state index contributed by atoms with van der Waals surface area (Å²) in [6, 6.07) is 8.56. The Hall–Kier alpha value is -3.13. The molecule has 27 heavy (non-hydrogen) atoms. The summed E-state index contributed by atoms with van der Waals surface area (Å²) in [5.41, 5.74) is 0.500. The first-order chi connectivity index (χ1) is 12.8. The topological polar surface area (TPSA) is 106 Å². The molecule has 9 heteroatoms. The maximum absolute atomic E-state index is 12.1. The molecule has 0 fully saturated rings. The Bertz CT molecular complexity index is 877. The van der Waals surface area contributed by atoms with Gasteiger partial charge in [-0.3, -0.25) is 19.7 Å². The van der Waals surface area contributed by atoms with E-state index in [1.807, 2.05) is 0 Å². The van der Waals surface area contributed by atoms with Crippen molar-refractivity contribution in [2.75, 3.05) is 6.61 Å². The third-order valence-electron chi connectivity index (χ3n) is 3.59. The molecule has 0 aliphatic rings. The number of aromatic nitrogens is 1. The van der Waals surface area contributed by atoms with E-state index in [-0.39, 0.29) is 16.3 Å². The van der Waals surface area contributed by atoms with Crippen LogP contribution in [0.4, 0.5) is 0 Å². The number of hydrogen-bond acceptors (Lipinski definition) is 5. The Morgan fingerprint density at radius 1 is 1.11 bits per heavy atom. The lowest BCUT2D eigenvalue weighted by Crippen LogP contribution is -2.41. The number of benzene rings is 1. The van der Waals surface area contributed by atoms with Gasteiger partial charge in [0, 0.05) is 13.2 Å². The Morgan fingerprint density at radius 3 is 2.44 bits per heavy atom. The molecule has 8 nitrogen and oxygen atoms in total. The van der Waals surface area contributed by atoms with Crippen LogP contribution in [0.3, 0.4) is 0 Å². The van der Waals surface area contributed by atoms with Gasteiger partial charge in [0.2, 0.25) is 0 Å². The molecule has 1 aromatic heterocycles. The van der Waals surface area contributed by atoms with Crippen LogP contribution in [0.5, 0.6) is 0 Å². The zero-order chi connectivity index (χ0) is 20.0. The fraction of sp³-hybridized carbons (Fsp3) is 0.222. The number of ether oxygens (including phenoxy) is 1. The van der Waals surface area contributed by atoms with Gasteiger partial charge in [-0.15, -0.1) is 0 Å². The summed E-state index contributed by atoms with van der Waals surface area (Å²) in [6.07, 6.45) is 1.66. The van der Waals surface area contributed by atoms with Crippen LogP contribution < -0.4 is 10.6 Å². The van der Waals surface area contributed by atoms with E-state index in [2.05, 4.69) is 10.6 Å². The average molecular weight is 392 g/mol. The Kier molecular flexibility index (Phi) is 6.73. The van der Waals surface area contributed by atoms with Gasteiger partial charge in [0.05, 0.1) is 10.6 Å². The summed E-state index contributed by atoms with van der Waals surface area (Å²) in [5.74, 6) is -2.76. The van der Waals surface area contributed by atoms with Crippen molar-refractivity contribution in [3.8, 4) is 0 Å². The van der Waals surface area contributed by atoms with E-state index in [0.29, 0.717) is 0 Å². The van der Waals surface area contributed by atoms with Crippen LogP contribution in [0.15, 0.2) is 42.6 Å². The van der Waals surface area contributed by atoms with Crippen molar-refractivity contribution in [3.05, 3.63) is 58.9 Å². The summed E-state index contributed by atoms with van der Waals surface area (Å²) in [7, 11) is 1.66. The number of halogens is 1. The van der Waals surface area contributed by atoms with Crippen molar-refractivity contribution in [1.29, 1.82) is 0 Å². The van der Waals surface area contributed by atoms with E-state index >= 15 is 0 Å². The number of esters is 1. The van der Waals surface area contributed by atoms with E-state index in [9.17, 15) is 19.2 Å². The summed E-state index contributed by atoms with van der Waals surface area (Å²) in [6.45, 7) is 0.755. The summed E-state index contributed by atoms with van der Waals surface area (Å²) >= 11 is 5.92. The molecular formula is C18H18ClN3O5. The number of rotatable bonds is 6. The van der Waals surface area contributed by atoms with Gasteiger partial charge in [0.15, 0.2) is 6.61 Å². The number of hydrogen-bond donors (Lipinski definition) is 2. The third kappa shape index (κ3) is 5.42. The molecule has 0 saturated heterocycles. The molecule has 0 saturated carbocycles. The van der Waals surface area contributed by atoms with Crippen LogP contribution in [-0.4, -0.2) is 40.9 Å². The second-order valence-corrected chi connectivity index (χ2v) is 6.07. The normalized spacial score (nSPS) is 11.4. The SMILES string of the molecule is C[C@H](NC(=O)c1ccccc1Cl)C(=O)OCC(=O)NC(=O)c1cccn1C. The Labute approximate surface area is 160 Å². The van der Waals surface area contributed by atoms with Gasteiger partial charge >= 0.3 is 5.97 Å². The monoisotopic (exact) mass is 391 g/mol. The standard InChI is InChI=1S/C18H18ClN3O5/c1-11(20-16(24)12-6-3-4-7-13(12)19)18(26)27-10-15(23)21-17(25)14-8-5-9-22(14)2/h3-9,11H,10H2,1-2H3,(H,20,24)(H,21,23,25)/t11-/m0/s1. The average Bonchev–Trinajstić information content (AvgIpc) is 3.06. The van der Waals surface area contributed by atoms with Crippen LogP contribution in [0.1, 0.15) is 27.8 Å². The highest BCUT2D eigenvalue weighted by atomic mass is 35.5. The predicted molar refractivity (Wildman–Crippen MR) is 97.2 cm³/mol. The van der Waals surface area contributed by atoms with E-state index in [4.69, 9.17) is 16.3 Å². The molecule has 0 aliphatic carbocycles. The number of amides is 3. The lowest BCUT2D eigenvalue weighted by molar-refractivity contribution is -0.149. The number of aryl methyl sites for hydroxylation is 1. The van der Waals surface area contributed by atoms with Gasteiger partial charge in [-0.05, 0) is 31.2 Å². The van der Waals surface area contributed by atoms with Crippen LogP contribution in [0, 0.1) is 0 Å². The van der Waals surface area contributed by atoms with Gasteiger partial charge in [-0.1, -0.05) is 23.7 Å². The Morgan fingerprint density at radius 2 is 1.81 bits per heavy atom. The van der Waals surface area contributed by atoms with E-state index < -0.39 is 36.3 Å². The summed E-state index contributed by atoms with van der Waals surface area (Å²) in [4.78, 5) is 47.7. The lowest BCUT2D eigenvalue weighted by atomic mass is 10.2. The summed E-state index contributed by atoms with van der Waals surface area (Å²) in [5, 5.41) is 4.79. The van der Waals surface area contributed by atoms with Crippen LogP contribution in [0.2, 0.25) is 5.02 Å². The fourth-order valence-electron chi connectivity index (χ4n) is 2.16. The predicted octanol–water partition coefficient (Wildman–Crippen LogP) is 1.30. The minimum atomic E-state index is -1.01. The molecule has 2 rings (SSSR count). The Balaban J connectivity index is 1.81. The van der Waals surface area contributed by atoms with Gasteiger partial charge in [0.25, 0.3) is 17.7 Å². The van der Waals surface area contributed by atoms with Crippen LogP contribution >= 0.6 is 11.6 Å². The first-order valence-electron chi connectivity index (χ1n) is 7.97. The zero-order valence-corrected chi connectivity index (χ0v) is 15.4. The molecule has 2 N–H and O–H groups in total. The highest BCUT2D eigenvalue weighted by Gasteiger charge is 2.21. The maximum Gasteiger partial charge on any atom is 0.328 e. The largest absolute Gasteiger partial charge is 0.454 e. The first kappa shape index (κ1) is 20.2. The molecule has 0 bridgehead atoms. The molecule has 0 spiro atoms. The van der Waals surface area contributed by atoms with Gasteiger partial charge in [-0.25, -0.2) is 4.79 Å². The van der Waals surface area contributed by atoms with Crippen molar-refractivity contribution < 1.29 is 23.9 Å². The van der Waals surface area contributed by atoms with Gasteiger partial charge in [0.1, 0.15) is 11.7 Å². The van der Waals surface area contributed by atoms with E-state index in [0.717, 1.165) is 0 Å². The highest BCUT2D eigenvalue weighted by molar-refractivity contribution is 6.33. The van der Waals surface area contributed by atoms with Crippen LogP contribution in [-0.2, 0) is 21.4 Å². The number of nitrogens with zero attached hydrogens (tertiary/aromatic N) is 1. The number of imide groups is 1. The number of nitrogens with one attached hydrogen (secondary N) is 2. The third-order valence-corrected chi connectivity index (χ3v) is 3.92. The molecular weight excluding hydrogens is 374 g/mol. The van der Waals surface area contributed by atoms with Crippen molar-refractivity contribution >= 4 is 35.3 Å². The smallest absolute Gasteiger partial charge is 0.328 e. The van der Waals surface area contributed by atoms with Crippen LogP contribution in [0.25, 0.3) is 0 Å². The molecule has 1 aromatic carbocycles. The van der Waals surface area contributed by atoms with Gasteiger partial charge in [-0.2, -0.15) is 0 Å². The first-order valence-corrected chi connectivity index (χ1v) is 8.35. The molecule has 0 radical (unpaired) electrons. The number of carbonyl (C=O) groups is 4. The fourth-order valence-corrected chi connectivity index (χ4v) is 2.39.